The molecule has 8 heteroatoms. The number of nitrogens with one attached hydrogen (secondary N) is 2. The molecule has 0 spiro atoms. The highest BCUT2D eigenvalue weighted by molar-refractivity contribution is 7.99. The molecule has 0 aliphatic rings. The molecule has 0 fully saturated rings. The fraction of sp³-hybridized carbons (Fsp3) is 0.231. The number of thioether (sulfide) groups is 1. The van der Waals surface area contributed by atoms with E-state index in [4.69, 9.17) is 4.52 Å². The summed E-state index contributed by atoms with van der Waals surface area (Å²) in [5, 5.41) is 10.5. The van der Waals surface area contributed by atoms with Crippen molar-refractivity contribution >= 4 is 11.8 Å². The average molecular weight is 303 g/mol. The van der Waals surface area contributed by atoms with Crippen molar-refractivity contribution in [2.75, 3.05) is 0 Å². The van der Waals surface area contributed by atoms with Crippen LogP contribution in [0.1, 0.15) is 23.6 Å². The van der Waals surface area contributed by atoms with Crippen molar-refractivity contribution in [1.29, 1.82) is 0 Å². The fourth-order valence-corrected chi connectivity index (χ4v) is 2.64. The lowest BCUT2D eigenvalue weighted by Crippen LogP contribution is -2.00. The van der Waals surface area contributed by atoms with Crippen molar-refractivity contribution < 1.29 is 4.52 Å². The van der Waals surface area contributed by atoms with Gasteiger partial charge in [0, 0.05) is 5.56 Å². The second kappa shape index (κ2) is 5.57. The summed E-state index contributed by atoms with van der Waals surface area (Å²) >= 11 is 1.34. The molecule has 1 aromatic carbocycles. The monoisotopic (exact) mass is 303 g/mol. The lowest BCUT2D eigenvalue weighted by molar-refractivity contribution is 0.380. The van der Waals surface area contributed by atoms with Gasteiger partial charge >= 0.3 is 5.69 Å². The van der Waals surface area contributed by atoms with Gasteiger partial charge < -0.3 is 4.52 Å². The Hall–Kier alpha value is -2.35. The summed E-state index contributed by atoms with van der Waals surface area (Å²) in [4.78, 5) is 18.0. The SMILES string of the molecule is Cc1ccccc1-c1noc([C@H](C)Sc2n[nH]c(=O)[nH]2)n1. The van der Waals surface area contributed by atoms with Crippen LogP contribution in [0.4, 0.5) is 0 Å². The van der Waals surface area contributed by atoms with E-state index in [1.807, 2.05) is 38.1 Å². The van der Waals surface area contributed by atoms with Gasteiger partial charge in [-0.15, -0.1) is 5.10 Å². The standard InChI is InChI=1S/C13H13N5O2S/c1-7-5-3-4-6-9(7)10-14-11(20-18-10)8(2)21-13-15-12(19)16-17-13/h3-6,8H,1-2H3,(H2,15,16,17,19)/t8-/m0/s1. The third kappa shape index (κ3) is 2.89. The third-order valence-corrected chi connectivity index (χ3v) is 3.92. The summed E-state index contributed by atoms with van der Waals surface area (Å²) in [6, 6.07) is 7.85. The predicted molar refractivity (Wildman–Crippen MR) is 78.0 cm³/mol. The highest BCUT2D eigenvalue weighted by atomic mass is 32.2. The van der Waals surface area contributed by atoms with Gasteiger partial charge in [0.25, 0.3) is 0 Å². The predicted octanol–water partition coefficient (Wildman–Crippen LogP) is 2.31. The van der Waals surface area contributed by atoms with Crippen LogP contribution >= 0.6 is 11.8 Å². The Morgan fingerprint density at radius 3 is 2.86 bits per heavy atom. The van der Waals surface area contributed by atoms with E-state index in [9.17, 15) is 4.79 Å². The van der Waals surface area contributed by atoms with Gasteiger partial charge in [0.15, 0.2) is 5.16 Å². The van der Waals surface area contributed by atoms with Crippen molar-refractivity contribution in [2.45, 2.75) is 24.3 Å². The molecule has 2 N–H and O–H groups in total. The Kier molecular flexibility index (Phi) is 3.61. The minimum absolute atomic E-state index is 0.116. The molecule has 0 saturated heterocycles. The maximum atomic E-state index is 11.0. The van der Waals surface area contributed by atoms with E-state index in [0.717, 1.165) is 11.1 Å². The van der Waals surface area contributed by atoms with Crippen LogP contribution in [0.3, 0.4) is 0 Å². The van der Waals surface area contributed by atoms with Crippen LogP contribution in [-0.4, -0.2) is 25.3 Å². The van der Waals surface area contributed by atoms with E-state index >= 15 is 0 Å². The Morgan fingerprint density at radius 2 is 2.14 bits per heavy atom. The number of rotatable bonds is 4. The third-order valence-electron chi connectivity index (χ3n) is 2.94. The molecule has 3 rings (SSSR count). The highest BCUT2D eigenvalue weighted by Gasteiger charge is 2.18. The van der Waals surface area contributed by atoms with E-state index in [0.29, 0.717) is 16.9 Å². The summed E-state index contributed by atoms with van der Waals surface area (Å²) in [5.41, 5.74) is 1.69. The van der Waals surface area contributed by atoms with Gasteiger partial charge in [-0.3, -0.25) is 4.98 Å². The Bertz CT molecular complexity index is 807. The summed E-state index contributed by atoms with van der Waals surface area (Å²) in [5.74, 6) is 1.05. The minimum Gasteiger partial charge on any atom is -0.338 e. The molecule has 0 radical (unpaired) electrons. The number of aromatic amines is 2. The van der Waals surface area contributed by atoms with Crippen LogP contribution in [0.15, 0.2) is 38.7 Å². The maximum Gasteiger partial charge on any atom is 0.341 e. The Labute approximate surface area is 124 Å². The molecule has 0 unspecified atom stereocenters. The van der Waals surface area contributed by atoms with Gasteiger partial charge in [-0.2, -0.15) is 4.98 Å². The topological polar surface area (TPSA) is 100 Å². The maximum absolute atomic E-state index is 11.0. The number of hydrogen-bond donors (Lipinski definition) is 2. The first kappa shape index (κ1) is 13.6. The van der Waals surface area contributed by atoms with Crippen LogP contribution in [0.2, 0.25) is 0 Å². The lowest BCUT2D eigenvalue weighted by atomic mass is 10.1. The molecule has 0 aliphatic carbocycles. The zero-order chi connectivity index (χ0) is 14.8. The zero-order valence-electron chi connectivity index (χ0n) is 11.5. The number of benzene rings is 1. The summed E-state index contributed by atoms with van der Waals surface area (Å²) in [6.45, 7) is 3.91. The number of hydrogen-bond acceptors (Lipinski definition) is 6. The van der Waals surface area contributed by atoms with Crippen molar-refractivity contribution in [2.24, 2.45) is 0 Å². The van der Waals surface area contributed by atoms with Gasteiger partial charge in [0.2, 0.25) is 11.7 Å². The van der Waals surface area contributed by atoms with Crippen LogP contribution in [0.25, 0.3) is 11.4 Å². The smallest absolute Gasteiger partial charge is 0.338 e. The first-order valence-corrected chi connectivity index (χ1v) is 7.22. The fourth-order valence-electron chi connectivity index (χ4n) is 1.86. The number of aryl methyl sites for hydroxylation is 1. The number of aromatic nitrogens is 5. The number of H-pyrrole nitrogens is 2. The second-order valence-corrected chi connectivity index (χ2v) is 5.84. The van der Waals surface area contributed by atoms with Crippen molar-refractivity contribution in [3.05, 3.63) is 46.2 Å². The quantitative estimate of drug-likeness (QED) is 0.717. The van der Waals surface area contributed by atoms with Gasteiger partial charge in [0.05, 0.1) is 5.25 Å². The largest absolute Gasteiger partial charge is 0.341 e. The molecule has 0 saturated carbocycles. The molecule has 2 heterocycles. The van der Waals surface area contributed by atoms with Gasteiger partial charge in [0.1, 0.15) is 0 Å². The van der Waals surface area contributed by atoms with E-state index < -0.39 is 0 Å². The Morgan fingerprint density at radius 1 is 1.33 bits per heavy atom. The van der Waals surface area contributed by atoms with Crippen LogP contribution in [0.5, 0.6) is 0 Å². The molecule has 0 amide bonds. The molecular weight excluding hydrogens is 290 g/mol. The first-order chi connectivity index (χ1) is 10.1. The molecule has 21 heavy (non-hydrogen) atoms. The molecule has 0 bridgehead atoms. The molecule has 0 aliphatic heterocycles. The highest BCUT2D eigenvalue weighted by Crippen LogP contribution is 2.32. The zero-order valence-corrected chi connectivity index (χ0v) is 12.3. The van der Waals surface area contributed by atoms with Crippen molar-refractivity contribution in [3.63, 3.8) is 0 Å². The summed E-state index contributed by atoms with van der Waals surface area (Å²) < 4.78 is 5.30. The second-order valence-electron chi connectivity index (χ2n) is 4.51. The minimum atomic E-state index is -0.337. The summed E-state index contributed by atoms with van der Waals surface area (Å²) in [6.07, 6.45) is 0. The van der Waals surface area contributed by atoms with Crippen LogP contribution in [-0.2, 0) is 0 Å². The van der Waals surface area contributed by atoms with Gasteiger partial charge in [-0.25, -0.2) is 9.89 Å². The average Bonchev–Trinajstić information content (AvgIpc) is 3.09. The molecule has 7 nitrogen and oxygen atoms in total. The van der Waals surface area contributed by atoms with Crippen LogP contribution in [0, 0.1) is 6.92 Å². The molecular formula is C13H13N5O2S. The van der Waals surface area contributed by atoms with E-state index in [-0.39, 0.29) is 10.9 Å². The lowest BCUT2D eigenvalue weighted by Gasteiger charge is -2.01. The van der Waals surface area contributed by atoms with Crippen molar-refractivity contribution in [3.8, 4) is 11.4 Å². The van der Waals surface area contributed by atoms with E-state index in [1.165, 1.54) is 11.8 Å². The molecule has 108 valence electrons. The van der Waals surface area contributed by atoms with Crippen molar-refractivity contribution in [1.82, 2.24) is 25.3 Å². The van der Waals surface area contributed by atoms with E-state index in [1.54, 1.807) is 0 Å². The normalized spacial score (nSPS) is 12.5. The molecule has 2 aromatic heterocycles. The number of nitrogens with zero attached hydrogens (tertiary/aromatic N) is 3. The summed E-state index contributed by atoms with van der Waals surface area (Å²) in [7, 11) is 0. The molecule has 3 aromatic rings. The van der Waals surface area contributed by atoms with Gasteiger partial charge in [-0.05, 0) is 19.4 Å². The Balaban J connectivity index is 1.81. The van der Waals surface area contributed by atoms with Gasteiger partial charge in [-0.1, -0.05) is 41.2 Å². The molecule has 1 atom stereocenters. The first-order valence-electron chi connectivity index (χ1n) is 6.34. The van der Waals surface area contributed by atoms with E-state index in [2.05, 4.69) is 25.3 Å². The van der Waals surface area contributed by atoms with Crippen LogP contribution < -0.4 is 5.69 Å².